The van der Waals surface area contributed by atoms with Crippen molar-refractivity contribution < 1.29 is 4.79 Å². The minimum atomic E-state index is -0.205. The van der Waals surface area contributed by atoms with E-state index in [1.807, 2.05) is 40.3 Å². The van der Waals surface area contributed by atoms with E-state index >= 15 is 0 Å². The molecule has 8 heteroatoms. The van der Waals surface area contributed by atoms with Crippen molar-refractivity contribution in [1.29, 1.82) is 0 Å². The van der Waals surface area contributed by atoms with Gasteiger partial charge in [0.15, 0.2) is 5.69 Å². The van der Waals surface area contributed by atoms with Crippen LogP contribution in [0.2, 0.25) is 0 Å². The number of hydrogen-bond acceptors (Lipinski definition) is 6. The fourth-order valence-corrected chi connectivity index (χ4v) is 5.98. The lowest BCUT2D eigenvalue weighted by Crippen LogP contribution is -2.29. The first-order chi connectivity index (χ1) is 12.3. The summed E-state index contributed by atoms with van der Waals surface area (Å²) in [5.74, 6) is 2.17. The van der Waals surface area contributed by atoms with Crippen molar-refractivity contribution in [2.45, 2.75) is 23.5 Å². The lowest BCUT2D eigenvalue weighted by molar-refractivity contribution is 0.102. The number of thioether (sulfide) groups is 2. The second-order valence-electron chi connectivity index (χ2n) is 6.22. The summed E-state index contributed by atoms with van der Waals surface area (Å²) < 4.78 is 2.30. The highest BCUT2D eigenvalue weighted by Crippen LogP contribution is 2.45. The highest BCUT2D eigenvalue weighted by atomic mass is 32.2. The van der Waals surface area contributed by atoms with Crippen LogP contribution in [0.25, 0.3) is 0 Å². The fraction of sp³-hybridized carbons (Fsp3) is 0.471. The molecule has 1 aromatic carbocycles. The van der Waals surface area contributed by atoms with Gasteiger partial charge in [-0.1, -0.05) is 17.3 Å². The van der Waals surface area contributed by atoms with Crippen molar-refractivity contribution in [3.05, 3.63) is 41.7 Å². The molecule has 0 unspecified atom stereocenters. The quantitative estimate of drug-likeness (QED) is 0.856. The van der Waals surface area contributed by atoms with Crippen molar-refractivity contribution in [1.82, 2.24) is 20.3 Å². The number of rotatable bonds is 4. The minimum Gasteiger partial charge on any atom is -0.321 e. The topological polar surface area (TPSA) is 71.8 Å². The van der Waals surface area contributed by atoms with E-state index in [4.69, 9.17) is 0 Å². The molecule has 0 radical (unpaired) electrons. The van der Waals surface area contributed by atoms with Crippen molar-refractivity contribution in [3.63, 3.8) is 0 Å². The number of nitrogens with one attached hydrogen (secondary N) is 2. The second kappa shape index (κ2) is 7.80. The Morgan fingerprint density at radius 2 is 2.04 bits per heavy atom. The Bertz CT molecular complexity index is 738. The Morgan fingerprint density at radius 3 is 2.84 bits per heavy atom. The van der Waals surface area contributed by atoms with Crippen LogP contribution in [-0.4, -0.2) is 45.5 Å². The van der Waals surface area contributed by atoms with Crippen LogP contribution in [0.3, 0.4) is 0 Å². The third-order valence-electron chi connectivity index (χ3n) is 4.46. The number of nitrogens with zero attached hydrogens (tertiary/aromatic N) is 3. The normalized spacial score (nSPS) is 19.2. The monoisotopic (exact) mass is 375 g/mol. The number of carbonyl (C=O) groups is 1. The predicted molar refractivity (Wildman–Crippen MR) is 103 cm³/mol. The lowest BCUT2D eigenvalue weighted by Gasteiger charge is -2.22. The molecule has 0 aliphatic carbocycles. The zero-order valence-corrected chi connectivity index (χ0v) is 15.5. The van der Waals surface area contributed by atoms with Gasteiger partial charge in [-0.15, -0.1) is 28.6 Å². The van der Waals surface area contributed by atoms with Gasteiger partial charge in [-0.3, -0.25) is 4.79 Å². The smallest absolute Gasteiger partial charge is 0.277 e. The van der Waals surface area contributed by atoms with E-state index in [0.717, 1.165) is 31.6 Å². The SMILES string of the molecule is O=C(Nc1cccc(C2SCCS2)c1)c1cn(C2CCNCC2)nn1. The van der Waals surface area contributed by atoms with Gasteiger partial charge in [0.05, 0.1) is 16.8 Å². The number of anilines is 1. The molecule has 2 aromatic rings. The Hall–Kier alpha value is -1.51. The van der Waals surface area contributed by atoms with Gasteiger partial charge >= 0.3 is 0 Å². The minimum absolute atomic E-state index is 0.205. The van der Waals surface area contributed by atoms with Gasteiger partial charge in [-0.25, -0.2) is 4.68 Å². The van der Waals surface area contributed by atoms with E-state index in [-0.39, 0.29) is 5.91 Å². The molecule has 4 rings (SSSR count). The zero-order valence-electron chi connectivity index (χ0n) is 13.9. The van der Waals surface area contributed by atoms with Gasteiger partial charge in [0, 0.05) is 17.2 Å². The number of aromatic nitrogens is 3. The van der Waals surface area contributed by atoms with Crippen LogP contribution >= 0.6 is 23.5 Å². The second-order valence-corrected chi connectivity index (χ2v) is 8.94. The van der Waals surface area contributed by atoms with E-state index in [2.05, 4.69) is 33.1 Å². The van der Waals surface area contributed by atoms with E-state index in [1.165, 1.54) is 17.1 Å². The van der Waals surface area contributed by atoms with Crippen LogP contribution < -0.4 is 10.6 Å². The summed E-state index contributed by atoms with van der Waals surface area (Å²) in [6.07, 6.45) is 3.80. The maximum Gasteiger partial charge on any atom is 0.277 e. The molecule has 25 heavy (non-hydrogen) atoms. The molecule has 2 saturated heterocycles. The third-order valence-corrected chi connectivity index (χ3v) is 7.57. The molecule has 2 aliphatic rings. The highest BCUT2D eigenvalue weighted by Gasteiger charge is 2.20. The summed E-state index contributed by atoms with van der Waals surface area (Å²) in [6, 6.07) is 8.43. The first-order valence-electron chi connectivity index (χ1n) is 8.57. The molecule has 2 N–H and O–H groups in total. The molecule has 0 saturated carbocycles. The van der Waals surface area contributed by atoms with Gasteiger partial charge in [-0.05, 0) is 43.6 Å². The summed E-state index contributed by atoms with van der Waals surface area (Å²) in [7, 11) is 0. The molecule has 132 valence electrons. The standard InChI is InChI=1S/C17H21N5OS2/c23-16(15-11-22(21-20-15)14-4-6-18-7-5-14)19-13-3-1-2-12(10-13)17-24-8-9-25-17/h1-3,10-11,14,17-18H,4-9H2,(H,19,23). The molecule has 2 aliphatic heterocycles. The molecular weight excluding hydrogens is 354 g/mol. The fourth-order valence-electron chi connectivity index (χ4n) is 3.14. The average molecular weight is 376 g/mol. The third kappa shape index (κ3) is 4.02. The van der Waals surface area contributed by atoms with Crippen LogP contribution in [0, 0.1) is 0 Å². The summed E-state index contributed by atoms with van der Waals surface area (Å²) in [5.41, 5.74) is 2.43. The van der Waals surface area contributed by atoms with Crippen molar-refractivity contribution in [2.24, 2.45) is 0 Å². The molecule has 1 amide bonds. The number of benzene rings is 1. The molecule has 0 bridgehead atoms. The molecular formula is C17H21N5OS2. The Balaban J connectivity index is 1.43. The number of carbonyl (C=O) groups excluding carboxylic acids is 1. The first-order valence-corrected chi connectivity index (χ1v) is 10.7. The number of piperidine rings is 1. The van der Waals surface area contributed by atoms with E-state index < -0.39 is 0 Å². The van der Waals surface area contributed by atoms with Gasteiger partial charge in [-0.2, -0.15) is 0 Å². The summed E-state index contributed by atoms with van der Waals surface area (Å²) in [5, 5.41) is 14.5. The average Bonchev–Trinajstić information content (AvgIpc) is 3.35. The maximum atomic E-state index is 12.5. The van der Waals surface area contributed by atoms with Crippen LogP contribution in [0.5, 0.6) is 0 Å². The van der Waals surface area contributed by atoms with Gasteiger partial charge in [0.25, 0.3) is 5.91 Å². The Morgan fingerprint density at radius 1 is 1.24 bits per heavy atom. The van der Waals surface area contributed by atoms with Crippen LogP contribution in [0.4, 0.5) is 5.69 Å². The molecule has 0 spiro atoms. The highest BCUT2D eigenvalue weighted by molar-refractivity contribution is 8.19. The summed E-state index contributed by atoms with van der Waals surface area (Å²) >= 11 is 3.92. The predicted octanol–water partition coefficient (Wildman–Crippen LogP) is 2.93. The Labute approximate surface area is 155 Å². The lowest BCUT2D eigenvalue weighted by atomic mass is 10.1. The molecule has 3 heterocycles. The van der Waals surface area contributed by atoms with Crippen molar-refractivity contribution in [3.8, 4) is 0 Å². The van der Waals surface area contributed by atoms with Gasteiger partial charge in [0.1, 0.15) is 0 Å². The molecule has 6 nitrogen and oxygen atoms in total. The largest absolute Gasteiger partial charge is 0.321 e. The van der Waals surface area contributed by atoms with Crippen molar-refractivity contribution in [2.75, 3.05) is 29.9 Å². The van der Waals surface area contributed by atoms with Crippen LogP contribution in [-0.2, 0) is 0 Å². The summed E-state index contributed by atoms with van der Waals surface area (Å²) in [4.78, 5) is 12.5. The first kappa shape index (κ1) is 16.9. The molecule has 0 atom stereocenters. The van der Waals surface area contributed by atoms with Crippen LogP contribution in [0.15, 0.2) is 30.5 Å². The van der Waals surface area contributed by atoms with E-state index in [0.29, 0.717) is 16.3 Å². The number of hydrogen-bond donors (Lipinski definition) is 2. The van der Waals surface area contributed by atoms with E-state index in [9.17, 15) is 4.79 Å². The summed E-state index contributed by atoms with van der Waals surface area (Å²) in [6.45, 7) is 1.96. The van der Waals surface area contributed by atoms with E-state index in [1.54, 1.807) is 6.20 Å². The molecule has 2 fully saturated rings. The van der Waals surface area contributed by atoms with Gasteiger partial charge in [0.2, 0.25) is 0 Å². The van der Waals surface area contributed by atoms with Crippen molar-refractivity contribution >= 4 is 35.1 Å². The van der Waals surface area contributed by atoms with Crippen LogP contribution in [0.1, 0.15) is 39.5 Å². The zero-order chi connectivity index (χ0) is 17.1. The Kier molecular flexibility index (Phi) is 5.28. The number of amides is 1. The van der Waals surface area contributed by atoms with Gasteiger partial charge < -0.3 is 10.6 Å². The molecule has 1 aromatic heterocycles. The maximum absolute atomic E-state index is 12.5.